The minimum absolute atomic E-state index is 0.0236. The van der Waals surface area contributed by atoms with Gasteiger partial charge >= 0.3 is 0 Å². The standard InChI is InChI=1S/C15H24N4O2/c1-12(20)19-10-3-6-14(19)13-5-2-9-18(13)11-15(21)17-8-4-7-16/h13-14H,2-6,8-11H2,1H3,(H,17,21). The van der Waals surface area contributed by atoms with Crippen molar-refractivity contribution >= 4 is 11.8 Å². The molecule has 1 N–H and O–H groups in total. The summed E-state index contributed by atoms with van der Waals surface area (Å²) in [5, 5.41) is 11.3. The van der Waals surface area contributed by atoms with Gasteiger partial charge in [-0.1, -0.05) is 0 Å². The van der Waals surface area contributed by atoms with Gasteiger partial charge in [0.2, 0.25) is 11.8 Å². The van der Waals surface area contributed by atoms with Gasteiger partial charge in [-0.25, -0.2) is 0 Å². The molecule has 2 fully saturated rings. The Morgan fingerprint density at radius 2 is 1.95 bits per heavy atom. The second-order valence-electron chi connectivity index (χ2n) is 5.86. The van der Waals surface area contributed by atoms with E-state index in [0.717, 1.165) is 38.8 Å². The Hall–Kier alpha value is -1.61. The largest absolute Gasteiger partial charge is 0.354 e. The van der Waals surface area contributed by atoms with Crippen molar-refractivity contribution in [1.29, 1.82) is 5.26 Å². The molecular formula is C15H24N4O2. The average Bonchev–Trinajstić information content (AvgIpc) is 3.06. The molecule has 2 unspecified atom stereocenters. The zero-order chi connectivity index (χ0) is 15.2. The smallest absolute Gasteiger partial charge is 0.234 e. The van der Waals surface area contributed by atoms with Gasteiger partial charge in [-0.05, 0) is 32.2 Å². The number of rotatable bonds is 5. The van der Waals surface area contributed by atoms with Gasteiger partial charge in [-0.2, -0.15) is 5.26 Å². The van der Waals surface area contributed by atoms with E-state index in [4.69, 9.17) is 5.26 Å². The molecule has 0 radical (unpaired) electrons. The normalized spacial score (nSPS) is 25.8. The molecule has 0 bridgehead atoms. The number of nitrogens with one attached hydrogen (secondary N) is 1. The van der Waals surface area contributed by atoms with E-state index in [1.54, 1.807) is 6.92 Å². The molecule has 0 aliphatic carbocycles. The topological polar surface area (TPSA) is 76.4 Å². The van der Waals surface area contributed by atoms with Gasteiger partial charge in [0.05, 0.1) is 19.0 Å². The van der Waals surface area contributed by atoms with E-state index in [9.17, 15) is 9.59 Å². The number of hydrogen-bond donors (Lipinski definition) is 1. The minimum atomic E-state index is -0.0236. The highest BCUT2D eigenvalue weighted by atomic mass is 16.2. The van der Waals surface area contributed by atoms with E-state index in [2.05, 4.69) is 10.2 Å². The molecule has 2 aliphatic rings. The summed E-state index contributed by atoms with van der Waals surface area (Å²) in [6.45, 7) is 4.18. The second-order valence-corrected chi connectivity index (χ2v) is 5.86. The fraction of sp³-hybridized carbons (Fsp3) is 0.800. The third kappa shape index (κ3) is 3.94. The van der Waals surface area contributed by atoms with Crippen LogP contribution in [0.2, 0.25) is 0 Å². The van der Waals surface area contributed by atoms with Crippen LogP contribution < -0.4 is 5.32 Å². The lowest BCUT2D eigenvalue weighted by Gasteiger charge is -2.34. The van der Waals surface area contributed by atoms with Crippen LogP contribution in [-0.2, 0) is 9.59 Å². The Kier molecular flexibility index (Phi) is 5.57. The molecule has 2 atom stereocenters. The highest BCUT2D eigenvalue weighted by Gasteiger charge is 2.39. The van der Waals surface area contributed by atoms with Crippen LogP contribution in [0, 0.1) is 11.3 Å². The summed E-state index contributed by atoms with van der Waals surface area (Å²) in [6, 6.07) is 2.58. The molecule has 0 aromatic rings. The molecule has 6 nitrogen and oxygen atoms in total. The molecule has 2 heterocycles. The predicted octanol–water partition coefficient (Wildman–Crippen LogP) is 0.492. The van der Waals surface area contributed by atoms with Gasteiger partial charge in [-0.15, -0.1) is 0 Å². The Bertz CT molecular complexity index is 432. The SMILES string of the molecule is CC(=O)N1CCCC1C1CCCN1CC(=O)NCCC#N. The molecule has 0 spiro atoms. The first-order valence-corrected chi connectivity index (χ1v) is 7.78. The summed E-state index contributed by atoms with van der Waals surface area (Å²) in [5.41, 5.74) is 0. The Morgan fingerprint density at radius 1 is 1.24 bits per heavy atom. The second kappa shape index (κ2) is 7.41. The molecule has 6 heteroatoms. The van der Waals surface area contributed by atoms with E-state index < -0.39 is 0 Å². The van der Waals surface area contributed by atoms with Gasteiger partial charge < -0.3 is 10.2 Å². The quantitative estimate of drug-likeness (QED) is 0.748. The molecule has 21 heavy (non-hydrogen) atoms. The van der Waals surface area contributed by atoms with E-state index in [1.807, 2.05) is 11.0 Å². The number of nitriles is 1. The summed E-state index contributed by atoms with van der Waals surface area (Å²) < 4.78 is 0. The number of nitrogens with zero attached hydrogens (tertiary/aromatic N) is 3. The fourth-order valence-corrected chi connectivity index (χ4v) is 3.57. The first-order chi connectivity index (χ1) is 10.1. The maximum atomic E-state index is 11.9. The van der Waals surface area contributed by atoms with Crippen LogP contribution in [-0.4, -0.2) is 59.9 Å². The Balaban J connectivity index is 1.89. The molecule has 2 saturated heterocycles. The van der Waals surface area contributed by atoms with Crippen LogP contribution in [0.3, 0.4) is 0 Å². The van der Waals surface area contributed by atoms with Crippen molar-refractivity contribution in [3.8, 4) is 6.07 Å². The number of amides is 2. The molecule has 2 rings (SSSR count). The Morgan fingerprint density at radius 3 is 2.67 bits per heavy atom. The van der Waals surface area contributed by atoms with Crippen molar-refractivity contribution in [2.75, 3.05) is 26.2 Å². The lowest BCUT2D eigenvalue weighted by Crippen LogP contribution is -2.50. The molecule has 0 aromatic carbocycles. The van der Waals surface area contributed by atoms with Gasteiger partial charge in [-0.3, -0.25) is 14.5 Å². The van der Waals surface area contributed by atoms with Gasteiger partial charge in [0, 0.05) is 32.1 Å². The lowest BCUT2D eigenvalue weighted by molar-refractivity contribution is -0.130. The zero-order valence-corrected chi connectivity index (χ0v) is 12.7. The summed E-state index contributed by atoms with van der Waals surface area (Å²) in [4.78, 5) is 27.8. The third-order valence-corrected chi connectivity index (χ3v) is 4.47. The van der Waals surface area contributed by atoms with Crippen molar-refractivity contribution in [3.05, 3.63) is 0 Å². The summed E-state index contributed by atoms with van der Waals surface area (Å²) in [7, 11) is 0. The van der Waals surface area contributed by atoms with E-state index in [1.165, 1.54) is 0 Å². The lowest BCUT2D eigenvalue weighted by atomic mass is 10.0. The molecule has 2 aliphatic heterocycles. The molecule has 0 saturated carbocycles. The highest BCUT2D eigenvalue weighted by molar-refractivity contribution is 5.78. The van der Waals surface area contributed by atoms with Crippen molar-refractivity contribution in [3.63, 3.8) is 0 Å². The van der Waals surface area contributed by atoms with Gasteiger partial charge in [0.25, 0.3) is 0 Å². The monoisotopic (exact) mass is 292 g/mol. The van der Waals surface area contributed by atoms with Crippen LogP contribution >= 0.6 is 0 Å². The van der Waals surface area contributed by atoms with Crippen molar-refractivity contribution in [2.24, 2.45) is 0 Å². The van der Waals surface area contributed by atoms with Gasteiger partial charge in [0.1, 0.15) is 0 Å². The van der Waals surface area contributed by atoms with Crippen LogP contribution in [0.25, 0.3) is 0 Å². The van der Waals surface area contributed by atoms with E-state index in [0.29, 0.717) is 25.6 Å². The van der Waals surface area contributed by atoms with Gasteiger partial charge in [0.15, 0.2) is 0 Å². The third-order valence-electron chi connectivity index (χ3n) is 4.47. The maximum absolute atomic E-state index is 11.9. The van der Waals surface area contributed by atoms with Crippen LogP contribution in [0.5, 0.6) is 0 Å². The van der Waals surface area contributed by atoms with Crippen LogP contribution in [0.15, 0.2) is 0 Å². The minimum Gasteiger partial charge on any atom is -0.354 e. The molecule has 116 valence electrons. The van der Waals surface area contributed by atoms with Crippen molar-refractivity contribution in [2.45, 2.75) is 51.1 Å². The highest BCUT2D eigenvalue weighted by Crippen LogP contribution is 2.29. The zero-order valence-electron chi connectivity index (χ0n) is 12.7. The van der Waals surface area contributed by atoms with Crippen LogP contribution in [0.1, 0.15) is 39.0 Å². The van der Waals surface area contributed by atoms with Crippen molar-refractivity contribution in [1.82, 2.24) is 15.1 Å². The number of likely N-dealkylation sites (tertiary alicyclic amines) is 2. The Labute approximate surface area is 126 Å². The first kappa shape index (κ1) is 15.8. The molecular weight excluding hydrogens is 268 g/mol. The molecule has 0 aromatic heterocycles. The fourth-order valence-electron chi connectivity index (χ4n) is 3.57. The average molecular weight is 292 g/mol. The van der Waals surface area contributed by atoms with Crippen molar-refractivity contribution < 1.29 is 9.59 Å². The predicted molar refractivity (Wildman–Crippen MR) is 78.2 cm³/mol. The number of carbonyl (C=O) groups excluding carboxylic acids is 2. The van der Waals surface area contributed by atoms with E-state index >= 15 is 0 Å². The number of hydrogen-bond acceptors (Lipinski definition) is 4. The maximum Gasteiger partial charge on any atom is 0.234 e. The van der Waals surface area contributed by atoms with Crippen LogP contribution in [0.4, 0.5) is 0 Å². The summed E-state index contributed by atoms with van der Waals surface area (Å²) >= 11 is 0. The number of carbonyl (C=O) groups is 2. The summed E-state index contributed by atoms with van der Waals surface area (Å²) in [5.74, 6) is 0.118. The summed E-state index contributed by atoms with van der Waals surface area (Å²) in [6.07, 6.45) is 4.58. The molecule has 2 amide bonds. The first-order valence-electron chi connectivity index (χ1n) is 7.78. The van der Waals surface area contributed by atoms with E-state index in [-0.39, 0.29) is 17.9 Å².